The van der Waals surface area contributed by atoms with Gasteiger partial charge in [0.25, 0.3) is 0 Å². The van der Waals surface area contributed by atoms with Crippen LogP contribution in [0, 0.1) is 5.92 Å². The molecule has 0 spiro atoms. The predicted molar refractivity (Wildman–Crippen MR) is 61.9 cm³/mol. The molecule has 2 fully saturated rings. The molecule has 1 saturated carbocycles. The van der Waals surface area contributed by atoms with Gasteiger partial charge < -0.3 is 15.8 Å². The molecule has 3 N–H and O–H groups in total. The first-order valence-corrected chi connectivity index (χ1v) is 6.29. The van der Waals surface area contributed by atoms with E-state index < -0.39 is 0 Å². The molecule has 4 nitrogen and oxygen atoms in total. The summed E-state index contributed by atoms with van der Waals surface area (Å²) in [5, 5.41) is 3.16. The van der Waals surface area contributed by atoms with E-state index in [1.165, 1.54) is 12.8 Å². The quantitative estimate of drug-likeness (QED) is 0.748. The second kappa shape index (κ2) is 4.72. The van der Waals surface area contributed by atoms with Crippen molar-refractivity contribution < 1.29 is 9.53 Å². The van der Waals surface area contributed by atoms with Gasteiger partial charge in [-0.3, -0.25) is 4.79 Å². The van der Waals surface area contributed by atoms with Crippen molar-refractivity contribution in [1.29, 1.82) is 0 Å². The molecule has 1 heterocycles. The first-order chi connectivity index (χ1) is 7.65. The molecule has 16 heavy (non-hydrogen) atoms. The Balaban J connectivity index is 1.90. The third kappa shape index (κ3) is 2.38. The predicted octanol–water partition coefficient (Wildman–Crippen LogP) is 0.799. The van der Waals surface area contributed by atoms with Crippen molar-refractivity contribution >= 4 is 5.91 Å². The van der Waals surface area contributed by atoms with Gasteiger partial charge >= 0.3 is 0 Å². The van der Waals surface area contributed by atoms with Gasteiger partial charge in [0.1, 0.15) is 0 Å². The van der Waals surface area contributed by atoms with Crippen molar-refractivity contribution in [1.82, 2.24) is 5.32 Å². The minimum absolute atomic E-state index is 0.0269. The molecular weight excluding hydrogens is 204 g/mol. The zero-order valence-corrected chi connectivity index (χ0v) is 10.00. The zero-order valence-electron chi connectivity index (χ0n) is 10.00. The Morgan fingerprint density at radius 1 is 1.50 bits per heavy atom. The zero-order chi connectivity index (χ0) is 11.6. The van der Waals surface area contributed by atoms with Gasteiger partial charge in [-0.05, 0) is 26.2 Å². The first kappa shape index (κ1) is 11.9. The number of amides is 1. The van der Waals surface area contributed by atoms with E-state index in [-0.39, 0.29) is 23.5 Å². The molecule has 2 rings (SSSR count). The fourth-order valence-electron chi connectivity index (χ4n) is 2.80. The Labute approximate surface area is 96.9 Å². The summed E-state index contributed by atoms with van der Waals surface area (Å²) in [7, 11) is 0. The Bertz CT molecular complexity index is 262. The summed E-state index contributed by atoms with van der Waals surface area (Å²) in [5.41, 5.74) is 5.67. The Morgan fingerprint density at radius 3 is 2.69 bits per heavy atom. The second-order valence-electron chi connectivity index (χ2n) is 5.26. The van der Waals surface area contributed by atoms with Gasteiger partial charge in [-0.2, -0.15) is 0 Å². The molecule has 2 atom stereocenters. The second-order valence-corrected chi connectivity index (χ2v) is 5.26. The summed E-state index contributed by atoms with van der Waals surface area (Å²) in [5.74, 6) is 0.163. The molecule has 0 aromatic heterocycles. The lowest BCUT2D eigenvalue weighted by Crippen LogP contribution is -2.53. The third-order valence-corrected chi connectivity index (χ3v) is 3.91. The molecule has 1 amide bonds. The smallest absolute Gasteiger partial charge is 0.226 e. The van der Waals surface area contributed by atoms with E-state index in [2.05, 4.69) is 5.32 Å². The minimum atomic E-state index is -0.122. The maximum Gasteiger partial charge on any atom is 0.226 e. The summed E-state index contributed by atoms with van der Waals surface area (Å²) in [6.45, 7) is 3.14. The lowest BCUT2D eigenvalue weighted by atomic mass is 9.95. The number of ether oxygens (including phenoxy) is 1. The fourth-order valence-corrected chi connectivity index (χ4v) is 2.80. The van der Waals surface area contributed by atoms with E-state index >= 15 is 0 Å². The minimum Gasteiger partial charge on any atom is -0.378 e. The number of carbonyl (C=O) groups is 1. The van der Waals surface area contributed by atoms with Crippen LogP contribution < -0.4 is 11.1 Å². The average Bonchev–Trinajstić information content (AvgIpc) is 2.88. The van der Waals surface area contributed by atoms with Crippen LogP contribution in [-0.4, -0.2) is 30.7 Å². The Morgan fingerprint density at radius 2 is 2.19 bits per heavy atom. The topological polar surface area (TPSA) is 64.4 Å². The van der Waals surface area contributed by atoms with Crippen LogP contribution >= 0.6 is 0 Å². The highest BCUT2D eigenvalue weighted by Crippen LogP contribution is 2.29. The SMILES string of the molecule is CC1CC(C(=O)NC2(CN)CCCC2)CO1. The molecule has 4 heteroatoms. The van der Waals surface area contributed by atoms with Crippen molar-refractivity contribution in [3.8, 4) is 0 Å². The molecule has 0 radical (unpaired) electrons. The van der Waals surface area contributed by atoms with Gasteiger partial charge in [-0.15, -0.1) is 0 Å². The molecule has 0 bridgehead atoms. The van der Waals surface area contributed by atoms with Gasteiger partial charge in [-0.1, -0.05) is 12.8 Å². The highest BCUT2D eigenvalue weighted by atomic mass is 16.5. The van der Waals surface area contributed by atoms with Crippen molar-refractivity contribution in [3.63, 3.8) is 0 Å². The Kier molecular flexibility index (Phi) is 3.50. The normalized spacial score (nSPS) is 32.9. The molecular formula is C12H22N2O2. The van der Waals surface area contributed by atoms with Crippen molar-refractivity contribution in [3.05, 3.63) is 0 Å². The summed E-state index contributed by atoms with van der Waals surface area (Å²) in [6, 6.07) is 0. The maximum atomic E-state index is 12.1. The van der Waals surface area contributed by atoms with Crippen molar-refractivity contribution in [2.75, 3.05) is 13.2 Å². The number of hydrogen-bond donors (Lipinski definition) is 2. The largest absolute Gasteiger partial charge is 0.378 e. The van der Waals surface area contributed by atoms with E-state index in [4.69, 9.17) is 10.5 Å². The monoisotopic (exact) mass is 226 g/mol. The molecule has 1 saturated heterocycles. The summed E-state index contributed by atoms with van der Waals surface area (Å²) in [4.78, 5) is 12.1. The van der Waals surface area contributed by atoms with Crippen molar-refractivity contribution in [2.24, 2.45) is 11.7 Å². The number of carbonyl (C=O) groups excluding carboxylic acids is 1. The van der Waals surface area contributed by atoms with Crippen LogP contribution in [0.2, 0.25) is 0 Å². The highest BCUT2D eigenvalue weighted by molar-refractivity contribution is 5.80. The van der Waals surface area contributed by atoms with Crippen LogP contribution in [0.25, 0.3) is 0 Å². The molecule has 2 unspecified atom stereocenters. The first-order valence-electron chi connectivity index (χ1n) is 6.29. The van der Waals surface area contributed by atoms with Gasteiger partial charge in [0.2, 0.25) is 5.91 Å². The summed E-state index contributed by atoms with van der Waals surface area (Å²) >= 11 is 0. The van der Waals surface area contributed by atoms with Crippen LogP contribution in [0.15, 0.2) is 0 Å². The van der Waals surface area contributed by atoms with Crippen molar-refractivity contribution in [2.45, 2.75) is 50.7 Å². The third-order valence-electron chi connectivity index (χ3n) is 3.91. The standard InChI is InChI=1S/C12H22N2O2/c1-9-6-10(7-16-9)11(15)14-12(8-13)4-2-3-5-12/h9-10H,2-8,13H2,1H3,(H,14,15). The summed E-state index contributed by atoms with van der Waals surface area (Å²) in [6.07, 6.45) is 5.46. The van der Waals surface area contributed by atoms with Gasteiger partial charge in [0, 0.05) is 6.54 Å². The van der Waals surface area contributed by atoms with E-state index in [1.54, 1.807) is 0 Å². The number of rotatable bonds is 3. The average molecular weight is 226 g/mol. The lowest BCUT2D eigenvalue weighted by molar-refractivity contribution is -0.126. The van der Waals surface area contributed by atoms with E-state index in [9.17, 15) is 4.79 Å². The van der Waals surface area contributed by atoms with Gasteiger partial charge in [0.15, 0.2) is 0 Å². The lowest BCUT2D eigenvalue weighted by Gasteiger charge is -2.29. The molecule has 1 aliphatic heterocycles. The molecule has 2 aliphatic rings. The summed E-state index contributed by atoms with van der Waals surface area (Å²) < 4.78 is 5.43. The van der Waals surface area contributed by atoms with Gasteiger partial charge in [0.05, 0.1) is 24.2 Å². The molecule has 92 valence electrons. The highest BCUT2D eigenvalue weighted by Gasteiger charge is 2.37. The van der Waals surface area contributed by atoms with Crippen LogP contribution in [0.3, 0.4) is 0 Å². The van der Waals surface area contributed by atoms with Crippen LogP contribution in [0.4, 0.5) is 0 Å². The number of nitrogens with two attached hydrogens (primary N) is 1. The maximum absolute atomic E-state index is 12.1. The van der Waals surface area contributed by atoms with E-state index in [0.29, 0.717) is 13.2 Å². The molecule has 0 aromatic carbocycles. The molecule has 1 aliphatic carbocycles. The fraction of sp³-hybridized carbons (Fsp3) is 0.917. The van der Waals surface area contributed by atoms with Crippen LogP contribution in [-0.2, 0) is 9.53 Å². The molecule has 0 aromatic rings. The Hall–Kier alpha value is -0.610. The number of hydrogen-bond acceptors (Lipinski definition) is 3. The van der Waals surface area contributed by atoms with Gasteiger partial charge in [-0.25, -0.2) is 0 Å². The van der Waals surface area contributed by atoms with E-state index in [1.807, 2.05) is 6.92 Å². The number of nitrogens with one attached hydrogen (secondary N) is 1. The van der Waals surface area contributed by atoms with Crippen LogP contribution in [0.1, 0.15) is 39.0 Å². The van der Waals surface area contributed by atoms with Crippen LogP contribution in [0.5, 0.6) is 0 Å². The van der Waals surface area contributed by atoms with E-state index in [0.717, 1.165) is 19.3 Å².